The summed E-state index contributed by atoms with van der Waals surface area (Å²) in [4.78, 5) is 35.7. The second kappa shape index (κ2) is 14.9. The van der Waals surface area contributed by atoms with E-state index in [0.29, 0.717) is 12.7 Å². The third kappa shape index (κ3) is 10.9. The molecule has 0 fully saturated rings. The standard InChI is InChI=1S/C20H34FN3O4/c1-2-3-4-5-6-7-8-9-10-11-12-13-14-22-20(27)28-16-24-15-17(21)18(25)23-19(24)26/h15H,2-14,16H2,1H3,(H,22,27)(H,23,25,26). The maximum atomic E-state index is 13.1. The zero-order valence-corrected chi connectivity index (χ0v) is 16.9. The largest absolute Gasteiger partial charge is 0.428 e. The third-order valence-corrected chi connectivity index (χ3v) is 4.60. The normalized spacial score (nSPS) is 10.8. The van der Waals surface area contributed by atoms with Gasteiger partial charge in [0.1, 0.15) is 0 Å². The number of ether oxygens (including phenoxy) is 1. The van der Waals surface area contributed by atoms with Gasteiger partial charge in [-0.3, -0.25) is 14.3 Å². The molecule has 0 radical (unpaired) electrons. The highest BCUT2D eigenvalue weighted by Crippen LogP contribution is 2.11. The summed E-state index contributed by atoms with van der Waals surface area (Å²) in [6.45, 7) is 2.26. The number of rotatable bonds is 15. The van der Waals surface area contributed by atoms with Crippen LogP contribution in [0.15, 0.2) is 15.8 Å². The number of hydrogen-bond donors (Lipinski definition) is 2. The summed E-state index contributed by atoms with van der Waals surface area (Å²) >= 11 is 0. The van der Waals surface area contributed by atoms with Crippen molar-refractivity contribution in [2.24, 2.45) is 0 Å². The van der Waals surface area contributed by atoms with Crippen LogP contribution in [0.5, 0.6) is 0 Å². The van der Waals surface area contributed by atoms with Gasteiger partial charge in [-0.1, -0.05) is 77.6 Å². The number of aromatic amines is 1. The monoisotopic (exact) mass is 399 g/mol. The first-order valence-corrected chi connectivity index (χ1v) is 10.4. The summed E-state index contributed by atoms with van der Waals surface area (Å²) in [5.74, 6) is -1.11. The predicted molar refractivity (Wildman–Crippen MR) is 107 cm³/mol. The molecule has 0 bridgehead atoms. The van der Waals surface area contributed by atoms with E-state index in [9.17, 15) is 18.8 Å². The molecule has 1 rings (SSSR count). The molecule has 0 atom stereocenters. The van der Waals surface area contributed by atoms with Gasteiger partial charge in [0.2, 0.25) is 5.82 Å². The Bertz CT molecular complexity index is 672. The number of alkyl carbamates (subject to hydrolysis) is 1. The second-order valence-corrected chi connectivity index (χ2v) is 7.08. The van der Waals surface area contributed by atoms with Crippen molar-refractivity contribution in [3.8, 4) is 0 Å². The minimum atomic E-state index is -1.11. The smallest absolute Gasteiger partial charge is 0.408 e. The Balaban J connectivity index is 1.96. The summed E-state index contributed by atoms with van der Waals surface area (Å²) in [5, 5.41) is 2.59. The molecule has 0 aliphatic rings. The summed E-state index contributed by atoms with van der Waals surface area (Å²) in [6, 6.07) is 0. The Morgan fingerprint density at radius 1 is 1.00 bits per heavy atom. The number of hydrogen-bond acceptors (Lipinski definition) is 4. The summed E-state index contributed by atoms with van der Waals surface area (Å²) in [7, 11) is 0. The Labute approximate surface area is 165 Å². The molecular formula is C20H34FN3O4. The zero-order valence-electron chi connectivity index (χ0n) is 16.9. The first-order chi connectivity index (χ1) is 13.5. The van der Waals surface area contributed by atoms with Crippen LogP contribution in [0.25, 0.3) is 0 Å². The van der Waals surface area contributed by atoms with Crippen LogP contribution in [0.3, 0.4) is 0 Å². The Morgan fingerprint density at radius 2 is 1.54 bits per heavy atom. The zero-order chi connectivity index (χ0) is 20.6. The Morgan fingerprint density at radius 3 is 2.11 bits per heavy atom. The van der Waals surface area contributed by atoms with Crippen molar-refractivity contribution >= 4 is 6.09 Å². The molecule has 0 saturated heterocycles. The Hall–Kier alpha value is -2.12. The van der Waals surface area contributed by atoms with E-state index in [2.05, 4.69) is 12.2 Å². The van der Waals surface area contributed by atoms with Gasteiger partial charge in [0.15, 0.2) is 6.73 Å². The third-order valence-electron chi connectivity index (χ3n) is 4.60. The van der Waals surface area contributed by atoms with Gasteiger partial charge in [-0.15, -0.1) is 0 Å². The van der Waals surface area contributed by atoms with E-state index in [1.54, 1.807) is 4.98 Å². The molecule has 0 spiro atoms. The van der Waals surface area contributed by atoms with Crippen LogP contribution in [0.4, 0.5) is 9.18 Å². The van der Waals surface area contributed by atoms with Gasteiger partial charge in [0.25, 0.3) is 5.56 Å². The van der Waals surface area contributed by atoms with Gasteiger partial charge in [-0.2, -0.15) is 4.39 Å². The minimum Gasteiger partial charge on any atom is -0.428 e. The van der Waals surface area contributed by atoms with E-state index in [0.717, 1.165) is 23.8 Å². The lowest BCUT2D eigenvalue weighted by molar-refractivity contribution is 0.111. The van der Waals surface area contributed by atoms with Gasteiger partial charge in [0.05, 0.1) is 6.20 Å². The maximum Gasteiger partial charge on any atom is 0.408 e. The minimum absolute atomic E-state index is 0.461. The highest BCUT2D eigenvalue weighted by Gasteiger charge is 2.06. The van der Waals surface area contributed by atoms with Gasteiger partial charge < -0.3 is 10.1 Å². The number of nitrogens with zero attached hydrogens (tertiary/aromatic N) is 1. The SMILES string of the molecule is CCCCCCCCCCCCCCNC(=O)OCn1cc(F)c(=O)[nH]c1=O. The summed E-state index contributed by atoms with van der Waals surface area (Å²) < 4.78 is 18.7. The molecule has 1 heterocycles. The number of carbonyl (C=O) groups is 1. The van der Waals surface area contributed by atoms with E-state index >= 15 is 0 Å². The maximum absolute atomic E-state index is 13.1. The van der Waals surface area contributed by atoms with Crippen LogP contribution in [-0.2, 0) is 11.5 Å². The fraction of sp³-hybridized carbons (Fsp3) is 0.750. The number of H-pyrrole nitrogens is 1. The molecule has 2 N–H and O–H groups in total. The van der Waals surface area contributed by atoms with Crippen LogP contribution in [0.2, 0.25) is 0 Å². The highest BCUT2D eigenvalue weighted by molar-refractivity contribution is 5.66. The molecule has 28 heavy (non-hydrogen) atoms. The van der Waals surface area contributed by atoms with E-state index in [1.165, 1.54) is 57.8 Å². The van der Waals surface area contributed by atoms with Crippen LogP contribution in [-0.4, -0.2) is 22.2 Å². The lowest BCUT2D eigenvalue weighted by atomic mass is 10.1. The van der Waals surface area contributed by atoms with Crippen LogP contribution >= 0.6 is 0 Å². The lowest BCUT2D eigenvalue weighted by Crippen LogP contribution is -2.34. The van der Waals surface area contributed by atoms with Crippen LogP contribution in [0, 0.1) is 5.82 Å². The number of carbonyl (C=O) groups excluding carboxylic acids is 1. The number of unbranched alkanes of at least 4 members (excludes halogenated alkanes) is 11. The summed E-state index contributed by atoms with van der Waals surface area (Å²) in [5.41, 5.74) is -1.93. The average molecular weight is 400 g/mol. The van der Waals surface area contributed by atoms with E-state index < -0.39 is 29.9 Å². The van der Waals surface area contributed by atoms with Crippen molar-refractivity contribution in [2.75, 3.05) is 6.54 Å². The van der Waals surface area contributed by atoms with Crippen LogP contribution in [0.1, 0.15) is 84.0 Å². The quantitative estimate of drug-likeness (QED) is 0.435. The molecule has 1 amide bonds. The molecular weight excluding hydrogens is 365 g/mol. The average Bonchev–Trinajstić information content (AvgIpc) is 2.67. The van der Waals surface area contributed by atoms with Gasteiger partial charge in [-0.25, -0.2) is 9.59 Å². The van der Waals surface area contributed by atoms with Crippen molar-refractivity contribution in [2.45, 2.75) is 90.7 Å². The number of halogens is 1. The van der Waals surface area contributed by atoms with Gasteiger partial charge in [-0.05, 0) is 6.42 Å². The molecule has 0 saturated carbocycles. The molecule has 160 valence electrons. The van der Waals surface area contributed by atoms with Crippen molar-refractivity contribution < 1.29 is 13.9 Å². The van der Waals surface area contributed by atoms with Crippen molar-refractivity contribution in [3.05, 3.63) is 32.9 Å². The van der Waals surface area contributed by atoms with Crippen LogP contribution < -0.4 is 16.6 Å². The van der Waals surface area contributed by atoms with Gasteiger partial charge in [0, 0.05) is 6.54 Å². The molecule has 1 aromatic heterocycles. The van der Waals surface area contributed by atoms with E-state index in [4.69, 9.17) is 4.74 Å². The number of amides is 1. The topological polar surface area (TPSA) is 93.2 Å². The van der Waals surface area contributed by atoms with Gasteiger partial charge >= 0.3 is 11.8 Å². The molecule has 1 aromatic rings. The predicted octanol–water partition coefficient (Wildman–Crippen LogP) is 4.06. The number of nitrogens with one attached hydrogen (secondary N) is 2. The van der Waals surface area contributed by atoms with E-state index in [1.807, 2.05) is 0 Å². The first-order valence-electron chi connectivity index (χ1n) is 10.4. The second-order valence-electron chi connectivity index (χ2n) is 7.08. The molecule has 0 aliphatic heterocycles. The molecule has 8 heteroatoms. The Kier molecular flexibility index (Phi) is 12.7. The molecule has 0 aromatic carbocycles. The molecule has 0 aliphatic carbocycles. The molecule has 0 unspecified atom stereocenters. The first kappa shape index (κ1) is 23.9. The van der Waals surface area contributed by atoms with Crippen molar-refractivity contribution in [1.82, 2.24) is 14.9 Å². The number of aromatic nitrogens is 2. The lowest BCUT2D eigenvalue weighted by Gasteiger charge is -2.08. The van der Waals surface area contributed by atoms with E-state index in [-0.39, 0.29) is 0 Å². The van der Waals surface area contributed by atoms with Crippen molar-refractivity contribution in [3.63, 3.8) is 0 Å². The van der Waals surface area contributed by atoms with Crippen molar-refractivity contribution in [1.29, 1.82) is 0 Å². The molecule has 7 nitrogen and oxygen atoms in total. The fourth-order valence-corrected chi connectivity index (χ4v) is 2.91. The highest BCUT2D eigenvalue weighted by atomic mass is 19.1. The summed E-state index contributed by atoms with van der Waals surface area (Å²) in [6.07, 6.45) is 14.9. The fourth-order valence-electron chi connectivity index (χ4n) is 2.91.